The van der Waals surface area contributed by atoms with E-state index < -0.39 is 0 Å². The van der Waals surface area contributed by atoms with Crippen molar-refractivity contribution in [3.63, 3.8) is 0 Å². The lowest BCUT2D eigenvalue weighted by atomic mass is 10.0. The fourth-order valence-electron chi connectivity index (χ4n) is 2.58. The van der Waals surface area contributed by atoms with E-state index in [-0.39, 0.29) is 5.97 Å². The van der Waals surface area contributed by atoms with Crippen LogP contribution in [0.3, 0.4) is 0 Å². The molecule has 2 rings (SSSR count). The Balaban J connectivity index is 1.84. The molecule has 0 fully saturated rings. The summed E-state index contributed by atoms with van der Waals surface area (Å²) in [5.41, 5.74) is 3.33. The number of ether oxygens (including phenoxy) is 1. The van der Waals surface area contributed by atoms with Gasteiger partial charge in [-0.15, -0.1) is 0 Å². The van der Waals surface area contributed by atoms with Crippen molar-refractivity contribution in [2.45, 2.75) is 20.3 Å². The third-order valence-corrected chi connectivity index (χ3v) is 4.83. The van der Waals surface area contributed by atoms with Crippen molar-refractivity contribution in [2.75, 3.05) is 33.3 Å². The van der Waals surface area contributed by atoms with Crippen LogP contribution in [0.5, 0.6) is 0 Å². The Morgan fingerprint density at radius 1 is 0.917 bits per heavy atom. The monoisotopic (exact) mass is 326 g/mol. The van der Waals surface area contributed by atoms with E-state index in [4.69, 9.17) is 4.74 Å². The summed E-state index contributed by atoms with van der Waals surface area (Å²) in [5.74, 6) is -0.152. The molecule has 128 valence electrons. The molecule has 0 bridgehead atoms. The van der Waals surface area contributed by atoms with Crippen molar-refractivity contribution in [1.29, 1.82) is 0 Å². The molecule has 0 radical (unpaired) electrons. The zero-order valence-electron chi connectivity index (χ0n) is 15.0. The number of hydrogen-bond acceptors (Lipinski definition) is 2. The summed E-state index contributed by atoms with van der Waals surface area (Å²) < 4.78 is 6.34. The van der Waals surface area contributed by atoms with Gasteiger partial charge < -0.3 is 9.22 Å². The van der Waals surface area contributed by atoms with Crippen molar-refractivity contribution >= 4 is 5.97 Å². The normalized spacial score (nSPS) is 11.3. The quantitative estimate of drug-likeness (QED) is 0.543. The SMILES string of the molecule is CC[N+](C)(CC)CCOC(=O)Cc1ccc(-c2ccccc2)cc1. The number of rotatable bonds is 8. The van der Waals surface area contributed by atoms with E-state index in [1.807, 2.05) is 30.3 Å². The van der Waals surface area contributed by atoms with Crippen LogP contribution in [0.4, 0.5) is 0 Å². The molecule has 3 nitrogen and oxygen atoms in total. The third kappa shape index (κ3) is 5.20. The molecular formula is C21H28NO2+. The van der Waals surface area contributed by atoms with Crippen LogP contribution in [0.2, 0.25) is 0 Å². The molecule has 0 aliphatic rings. The molecular weight excluding hydrogens is 298 g/mol. The van der Waals surface area contributed by atoms with Crippen LogP contribution in [-0.2, 0) is 16.0 Å². The van der Waals surface area contributed by atoms with Crippen LogP contribution in [0.25, 0.3) is 11.1 Å². The number of carbonyl (C=O) groups excluding carboxylic acids is 1. The van der Waals surface area contributed by atoms with Gasteiger partial charge in [0, 0.05) is 0 Å². The van der Waals surface area contributed by atoms with Gasteiger partial charge in [0.2, 0.25) is 0 Å². The maximum absolute atomic E-state index is 12.0. The van der Waals surface area contributed by atoms with E-state index in [1.165, 1.54) is 5.56 Å². The minimum atomic E-state index is -0.152. The first-order valence-electron chi connectivity index (χ1n) is 8.70. The standard InChI is InChI=1S/C21H28NO2/c1-4-22(3,5-2)15-16-24-21(23)17-18-11-13-20(14-12-18)19-9-7-6-8-10-19/h6-14H,4-5,15-17H2,1-3H3/q+1. The predicted octanol–water partition coefficient (Wildman–Crippen LogP) is 3.93. The molecule has 0 spiro atoms. The third-order valence-electron chi connectivity index (χ3n) is 4.83. The lowest BCUT2D eigenvalue weighted by Crippen LogP contribution is -2.46. The number of esters is 1. The van der Waals surface area contributed by atoms with Crippen LogP contribution in [0.15, 0.2) is 54.6 Å². The summed E-state index contributed by atoms with van der Waals surface area (Å²) in [7, 11) is 2.19. The van der Waals surface area contributed by atoms with Gasteiger partial charge in [0.1, 0.15) is 13.2 Å². The first-order chi connectivity index (χ1) is 11.6. The Bertz CT molecular complexity index is 631. The Morgan fingerprint density at radius 2 is 1.50 bits per heavy atom. The van der Waals surface area contributed by atoms with E-state index in [0.717, 1.165) is 35.2 Å². The Morgan fingerprint density at radius 3 is 2.08 bits per heavy atom. The van der Waals surface area contributed by atoms with E-state index in [0.29, 0.717) is 13.0 Å². The summed E-state index contributed by atoms with van der Waals surface area (Å²) in [4.78, 5) is 12.0. The van der Waals surface area contributed by atoms with Crippen LogP contribution < -0.4 is 0 Å². The number of quaternary nitrogens is 1. The van der Waals surface area contributed by atoms with Crippen LogP contribution >= 0.6 is 0 Å². The first-order valence-corrected chi connectivity index (χ1v) is 8.70. The molecule has 0 saturated heterocycles. The Labute approximate surface area is 145 Å². The minimum absolute atomic E-state index is 0.152. The summed E-state index contributed by atoms with van der Waals surface area (Å²) in [6.45, 7) is 7.79. The molecule has 0 atom stereocenters. The van der Waals surface area contributed by atoms with Gasteiger partial charge in [0.15, 0.2) is 0 Å². The molecule has 0 unspecified atom stereocenters. The number of carbonyl (C=O) groups is 1. The molecule has 0 heterocycles. The maximum atomic E-state index is 12.0. The fourth-order valence-corrected chi connectivity index (χ4v) is 2.58. The van der Waals surface area contributed by atoms with Gasteiger partial charge in [-0.1, -0.05) is 54.6 Å². The van der Waals surface area contributed by atoms with Gasteiger partial charge >= 0.3 is 5.97 Å². The van der Waals surface area contributed by atoms with Crippen molar-refractivity contribution in [2.24, 2.45) is 0 Å². The number of benzene rings is 2. The van der Waals surface area contributed by atoms with Crippen LogP contribution in [-0.4, -0.2) is 43.7 Å². The van der Waals surface area contributed by atoms with Gasteiger partial charge in [-0.3, -0.25) is 4.79 Å². The zero-order valence-corrected chi connectivity index (χ0v) is 15.0. The molecule has 0 amide bonds. The van der Waals surface area contributed by atoms with E-state index in [1.54, 1.807) is 0 Å². The molecule has 0 aliphatic heterocycles. The van der Waals surface area contributed by atoms with Gasteiger partial charge in [0.05, 0.1) is 26.6 Å². The van der Waals surface area contributed by atoms with E-state index >= 15 is 0 Å². The fraction of sp³-hybridized carbons (Fsp3) is 0.381. The average molecular weight is 326 g/mol. The lowest BCUT2D eigenvalue weighted by molar-refractivity contribution is -0.906. The Hall–Kier alpha value is -2.13. The highest BCUT2D eigenvalue weighted by molar-refractivity contribution is 5.73. The van der Waals surface area contributed by atoms with Crippen molar-refractivity contribution in [1.82, 2.24) is 0 Å². The molecule has 0 N–H and O–H groups in total. The zero-order chi connectivity index (χ0) is 17.4. The topological polar surface area (TPSA) is 26.3 Å². The lowest BCUT2D eigenvalue weighted by Gasteiger charge is -2.31. The number of hydrogen-bond donors (Lipinski definition) is 0. The molecule has 2 aromatic carbocycles. The van der Waals surface area contributed by atoms with E-state index in [2.05, 4.69) is 45.2 Å². The maximum Gasteiger partial charge on any atom is 0.310 e. The van der Waals surface area contributed by atoms with Crippen LogP contribution in [0, 0.1) is 0 Å². The highest BCUT2D eigenvalue weighted by Gasteiger charge is 2.17. The van der Waals surface area contributed by atoms with Gasteiger partial charge in [-0.25, -0.2) is 0 Å². The van der Waals surface area contributed by atoms with Crippen molar-refractivity contribution < 1.29 is 14.0 Å². The molecule has 3 heteroatoms. The highest BCUT2D eigenvalue weighted by Crippen LogP contribution is 2.19. The number of likely N-dealkylation sites (N-methyl/N-ethyl adjacent to an activating group) is 1. The molecule has 0 aliphatic carbocycles. The summed E-state index contributed by atoms with van der Waals surface area (Å²) in [5, 5.41) is 0. The van der Waals surface area contributed by atoms with Crippen molar-refractivity contribution in [3.8, 4) is 11.1 Å². The molecule has 2 aromatic rings. The second kappa shape index (κ2) is 8.65. The smallest absolute Gasteiger partial charge is 0.310 e. The second-order valence-corrected chi connectivity index (χ2v) is 6.44. The number of nitrogens with zero attached hydrogens (tertiary/aromatic N) is 1. The second-order valence-electron chi connectivity index (χ2n) is 6.44. The van der Waals surface area contributed by atoms with Gasteiger partial charge in [0.25, 0.3) is 0 Å². The summed E-state index contributed by atoms with van der Waals surface area (Å²) in [6.07, 6.45) is 0.330. The van der Waals surface area contributed by atoms with Crippen molar-refractivity contribution in [3.05, 3.63) is 60.2 Å². The minimum Gasteiger partial charge on any atom is -0.459 e. The van der Waals surface area contributed by atoms with Gasteiger partial charge in [-0.05, 0) is 30.5 Å². The largest absolute Gasteiger partial charge is 0.459 e. The van der Waals surface area contributed by atoms with Gasteiger partial charge in [-0.2, -0.15) is 0 Å². The average Bonchev–Trinajstić information content (AvgIpc) is 2.63. The summed E-state index contributed by atoms with van der Waals surface area (Å²) in [6, 6.07) is 18.3. The molecule has 24 heavy (non-hydrogen) atoms. The molecule has 0 aromatic heterocycles. The van der Waals surface area contributed by atoms with E-state index in [9.17, 15) is 4.79 Å². The summed E-state index contributed by atoms with van der Waals surface area (Å²) >= 11 is 0. The first kappa shape index (κ1) is 18.2. The molecule has 0 saturated carbocycles. The highest BCUT2D eigenvalue weighted by atomic mass is 16.5. The van der Waals surface area contributed by atoms with Crippen LogP contribution in [0.1, 0.15) is 19.4 Å². The predicted molar refractivity (Wildman–Crippen MR) is 98.7 cm³/mol. The Kier molecular flexibility index (Phi) is 6.56.